The van der Waals surface area contributed by atoms with E-state index in [0.29, 0.717) is 5.92 Å². The molecule has 1 heterocycles. The molecule has 2 rings (SSSR count). The third-order valence-electron chi connectivity index (χ3n) is 2.79. The molecule has 1 nitrogen and oxygen atoms in total. The summed E-state index contributed by atoms with van der Waals surface area (Å²) in [7, 11) is 0. The van der Waals surface area contributed by atoms with Crippen molar-refractivity contribution in [3.63, 3.8) is 0 Å². The Morgan fingerprint density at radius 3 is 2.80 bits per heavy atom. The Kier molecular flexibility index (Phi) is 6.43. The number of thioether (sulfide) groups is 1. The van der Waals surface area contributed by atoms with Crippen molar-refractivity contribution in [3.05, 3.63) is 51.2 Å². The van der Waals surface area contributed by atoms with Gasteiger partial charge in [-0.05, 0) is 42.3 Å². The third kappa shape index (κ3) is 5.49. The summed E-state index contributed by atoms with van der Waals surface area (Å²) in [6.45, 7) is 6.46. The van der Waals surface area contributed by atoms with Crippen molar-refractivity contribution in [1.82, 2.24) is 5.32 Å². The van der Waals surface area contributed by atoms with Crippen LogP contribution >= 0.6 is 34.7 Å². The van der Waals surface area contributed by atoms with Crippen molar-refractivity contribution >= 4 is 34.7 Å². The smallest absolute Gasteiger partial charge is 0.0931 e. The number of nitrogens with one attached hydrogen (secondary N) is 1. The fraction of sp³-hybridized carbons (Fsp3) is 0.375. The van der Waals surface area contributed by atoms with Gasteiger partial charge < -0.3 is 5.32 Å². The monoisotopic (exact) mass is 325 g/mol. The van der Waals surface area contributed by atoms with Crippen LogP contribution in [-0.2, 0) is 12.3 Å². The van der Waals surface area contributed by atoms with Gasteiger partial charge in [-0.1, -0.05) is 37.6 Å². The Morgan fingerprint density at radius 2 is 2.10 bits per heavy atom. The van der Waals surface area contributed by atoms with Gasteiger partial charge in [0.2, 0.25) is 0 Å². The van der Waals surface area contributed by atoms with Crippen molar-refractivity contribution in [2.45, 2.75) is 31.0 Å². The maximum Gasteiger partial charge on any atom is 0.0931 e. The first kappa shape index (κ1) is 15.9. The lowest BCUT2D eigenvalue weighted by atomic mass is 10.2. The molecule has 2 aromatic rings. The van der Waals surface area contributed by atoms with E-state index in [1.54, 1.807) is 11.3 Å². The summed E-state index contributed by atoms with van der Waals surface area (Å²) in [6.07, 6.45) is 0. The van der Waals surface area contributed by atoms with Crippen LogP contribution in [0.2, 0.25) is 4.34 Å². The molecule has 0 aliphatic rings. The molecule has 0 aliphatic carbocycles. The highest BCUT2D eigenvalue weighted by molar-refractivity contribution is 7.98. The third-order valence-corrected chi connectivity index (χ3v) is 5.25. The summed E-state index contributed by atoms with van der Waals surface area (Å²) < 4.78 is 0.868. The Hall–Kier alpha value is -0.480. The zero-order chi connectivity index (χ0) is 14.4. The summed E-state index contributed by atoms with van der Waals surface area (Å²) >= 11 is 9.48. The number of hydrogen-bond acceptors (Lipinski definition) is 3. The van der Waals surface area contributed by atoms with Crippen LogP contribution in [0.3, 0.4) is 0 Å². The van der Waals surface area contributed by atoms with Crippen LogP contribution in [0.15, 0.2) is 41.3 Å². The van der Waals surface area contributed by atoms with Gasteiger partial charge in [-0.3, -0.25) is 0 Å². The minimum atomic E-state index is 0.691. The van der Waals surface area contributed by atoms with E-state index in [0.717, 1.165) is 23.2 Å². The van der Waals surface area contributed by atoms with Crippen LogP contribution in [0, 0.1) is 5.92 Å². The second-order valence-corrected chi connectivity index (χ2v) is 8.02. The number of benzene rings is 1. The molecule has 0 spiro atoms. The van der Waals surface area contributed by atoms with Gasteiger partial charge in [0.25, 0.3) is 0 Å². The van der Waals surface area contributed by atoms with Crippen molar-refractivity contribution < 1.29 is 0 Å². The molecule has 0 unspecified atom stereocenters. The molecule has 1 aromatic carbocycles. The van der Waals surface area contributed by atoms with E-state index in [1.807, 2.05) is 17.8 Å². The lowest BCUT2D eigenvalue weighted by Gasteiger charge is -2.08. The summed E-state index contributed by atoms with van der Waals surface area (Å²) in [6, 6.07) is 12.8. The predicted octanol–water partition coefficient (Wildman–Crippen LogP) is 5.44. The highest BCUT2D eigenvalue weighted by Crippen LogP contribution is 2.29. The van der Waals surface area contributed by atoms with Crippen LogP contribution in [0.5, 0.6) is 0 Å². The zero-order valence-corrected chi connectivity index (χ0v) is 14.2. The lowest BCUT2D eigenvalue weighted by molar-refractivity contribution is 0.552. The minimum Gasteiger partial charge on any atom is -0.312 e. The van der Waals surface area contributed by atoms with Gasteiger partial charge in [0, 0.05) is 22.1 Å². The van der Waals surface area contributed by atoms with Gasteiger partial charge >= 0.3 is 0 Å². The van der Waals surface area contributed by atoms with Crippen molar-refractivity contribution in [2.75, 3.05) is 6.54 Å². The fourth-order valence-corrected chi connectivity index (χ4v) is 3.94. The van der Waals surface area contributed by atoms with Crippen molar-refractivity contribution in [2.24, 2.45) is 5.92 Å². The quantitative estimate of drug-likeness (QED) is 0.680. The molecule has 0 aliphatic heterocycles. The molecule has 1 aromatic heterocycles. The molecule has 4 heteroatoms. The van der Waals surface area contributed by atoms with E-state index in [2.05, 4.69) is 49.5 Å². The second kappa shape index (κ2) is 8.08. The summed E-state index contributed by atoms with van der Waals surface area (Å²) in [5, 5.41) is 3.48. The summed E-state index contributed by atoms with van der Waals surface area (Å²) in [5.74, 6) is 1.68. The molecule has 0 bridgehead atoms. The van der Waals surface area contributed by atoms with Gasteiger partial charge in [-0.15, -0.1) is 23.1 Å². The van der Waals surface area contributed by atoms with E-state index >= 15 is 0 Å². The predicted molar refractivity (Wildman–Crippen MR) is 91.9 cm³/mol. The van der Waals surface area contributed by atoms with Crippen molar-refractivity contribution in [1.29, 1.82) is 0 Å². The first-order chi connectivity index (χ1) is 9.63. The van der Waals surface area contributed by atoms with E-state index in [9.17, 15) is 0 Å². The Balaban J connectivity index is 1.85. The number of thiophene rings is 1. The first-order valence-electron chi connectivity index (χ1n) is 6.80. The van der Waals surface area contributed by atoms with Crippen LogP contribution in [-0.4, -0.2) is 6.54 Å². The van der Waals surface area contributed by atoms with E-state index in [1.165, 1.54) is 15.3 Å². The Labute approximate surface area is 134 Å². The highest BCUT2D eigenvalue weighted by atomic mass is 35.5. The molecular formula is C16H20ClNS2. The topological polar surface area (TPSA) is 12.0 Å². The number of rotatable bonds is 7. The maximum absolute atomic E-state index is 5.95. The molecule has 1 N–H and O–H groups in total. The van der Waals surface area contributed by atoms with Crippen LogP contribution in [0.25, 0.3) is 0 Å². The molecule has 0 fully saturated rings. The molecule has 0 saturated carbocycles. The largest absolute Gasteiger partial charge is 0.312 e. The molecule has 20 heavy (non-hydrogen) atoms. The van der Waals surface area contributed by atoms with E-state index in [-0.39, 0.29) is 0 Å². The number of hydrogen-bond donors (Lipinski definition) is 1. The summed E-state index contributed by atoms with van der Waals surface area (Å²) in [5.41, 5.74) is 1.35. The Bertz CT molecular complexity index is 537. The standard InChI is InChI=1S/C16H20ClNS2/c1-12(2)9-18-10-13-4-3-5-14(8-13)19-11-15-6-7-16(17)20-15/h3-8,12,18H,9-11H2,1-2H3. The minimum absolute atomic E-state index is 0.691. The second-order valence-electron chi connectivity index (χ2n) is 5.17. The molecule has 0 atom stereocenters. The van der Waals surface area contributed by atoms with Gasteiger partial charge in [0.05, 0.1) is 4.34 Å². The molecule has 0 saturated heterocycles. The average Bonchev–Trinajstić information content (AvgIpc) is 2.82. The molecule has 0 radical (unpaired) electrons. The van der Waals surface area contributed by atoms with Crippen LogP contribution < -0.4 is 5.32 Å². The molecule has 0 amide bonds. The maximum atomic E-state index is 5.95. The zero-order valence-electron chi connectivity index (χ0n) is 11.9. The molecule has 108 valence electrons. The van der Waals surface area contributed by atoms with Gasteiger partial charge in [-0.25, -0.2) is 0 Å². The molecular weight excluding hydrogens is 306 g/mol. The van der Waals surface area contributed by atoms with Crippen LogP contribution in [0.4, 0.5) is 0 Å². The average molecular weight is 326 g/mol. The fourth-order valence-electron chi connectivity index (χ4n) is 1.83. The van der Waals surface area contributed by atoms with Gasteiger partial charge in [0.15, 0.2) is 0 Å². The SMILES string of the molecule is CC(C)CNCc1cccc(SCc2ccc(Cl)s2)c1. The summed E-state index contributed by atoms with van der Waals surface area (Å²) in [4.78, 5) is 2.64. The van der Waals surface area contributed by atoms with Crippen molar-refractivity contribution in [3.8, 4) is 0 Å². The van der Waals surface area contributed by atoms with E-state index in [4.69, 9.17) is 11.6 Å². The number of halogens is 1. The Morgan fingerprint density at radius 1 is 1.25 bits per heavy atom. The highest BCUT2D eigenvalue weighted by Gasteiger charge is 2.01. The van der Waals surface area contributed by atoms with Crippen LogP contribution in [0.1, 0.15) is 24.3 Å². The van der Waals surface area contributed by atoms with E-state index < -0.39 is 0 Å². The van der Waals surface area contributed by atoms with Gasteiger partial charge in [-0.2, -0.15) is 0 Å². The lowest BCUT2D eigenvalue weighted by Crippen LogP contribution is -2.18. The van der Waals surface area contributed by atoms with Gasteiger partial charge in [0.1, 0.15) is 0 Å². The first-order valence-corrected chi connectivity index (χ1v) is 8.98. The normalized spacial score (nSPS) is 11.2.